The lowest BCUT2D eigenvalue weighted by atomic mass is 10.2. The van der Waals surface area contributed by atoms with Crippen LogP contribution in [0.15, 0.2) is 12.7 Å². The largest absolute Gasteiger partial charge is 0.444 e. The number of hydrogen-bond acceptors (Lipinski definition) is 6. The molecular weight excluding hydrogens is 266 g/mol. The first-order valence-electron chi connectivity index (χ1n) is 6.58. The maximum absolute atomic E-state index is 12.1. The lowest BCUT2D eigenvalue weighted by Crippen LogP contribution is -2.44. The molecule has 1 aliphatic rings. The number of ether oxygens (including phenoxy) is 2. The van der Waals surface area contributed by atoms with Gasteiger partial charge in [0.15, 0.2) is 0 Å². The minimum absolute atomic E-state index is 0.0143. The molecule has 7 nitrogen and oxygen atoms in total. The van der Waals surface area contributed by atoms with Crippen molar-refractivity contribution in [3.05, 3.63) is 12.7 Å². The van der Waals surface area contributed by atoms with Gasteiger partial charge in [-0.1, -0.05) is 6.58 Å². The molecule has 0 radical (unpaired) electrons. The predicted octanol–water partition coefficient (Wildman–Crippen LogP) is 0.612. The number of hydrogen-bond donors (Lipinski definition) is 1. The van der Waals surface area contributed by atoms with Crippen LogP contribution in [0.2, 0.25) is 0 Å². The Hall–Kier alpha value is -1.89. The third-order valence-electron chi connectivity index (χ3n) is 2.53. The van der Waals surface area contributed by atoms with Gasteiger partial charge in [0.25, 0.3) is 0 Å². The molecule has 20 heavy (non-hydrogen) atoms. The Morgan fingerprint density at radius 2 is 2.10 bits per heavy atom. The van der Waals surface area contributed by atoms with Gasteiger partial charge < -0.3 is 14.6 Å². The summed E-state index contributed by atoms with van der Waals surface area (Å²) in [4.78, 5) is 36.1. The van der Waals surface area contributed by atoms with Crippen LogP contribution in [-0.4, -0.2) is 53.8 Å². The summed E-state index contributed by atoms with van der Waals surface area (Å²) in [6.45, 7) is 8.27. The summed E-state index contributed by atoms with van der Waals surface area (Å²) in [5.41, 5.74) is -0.734. The van der Waals surface area contributed by atoms with Crippen molar-refractivity contribution in [2.24, 2.45) is 0 Å². The number of aliphatic hydroxyl groups excluding tert-OH is 1. The fraction of sp³-hybridized carbons (Fsp3) is 0.615. The second-order valence-electron chi connectivity index (χ2n) is 5.45. The summed E-state index contributed by atoms with van der Waals surface area (Å²) in [6.07, 6.45) is -0.459. The summed E-state index contributed by atoms with van der Waals surface area (Å²) < 4.78 is 16.6. The van der Waals surface area contributed by atoms with Crippen molar-refractivity contribution < 1.29 is 29.0 Å². The zero-order valence-corrected chi connectivity index (χ0v) is 11.8. The van der Waals surface area contributed by atoms with E-state index >= 15 is 0 Å². The molecule has 1 fully saturated rings. The summed E-state index contributed by atoms with van der Waals surface area (Å²) in [6, 6.07) is -1.03. The molecule has 0 spiro atoms. The number of aliphatic hydroxyl groups is 1. The number of β-amino-alcohol motifs (C(OH)–C–C–N with tert-alkyl or cyclic N) is 1. The van der Waals surface area contributed by atoms with Gasteiger partial charge >= 0.3 is 18.0 Å². The molecule has 112 valence electrons. The number of esters is 2. The van der Waals surface area contributed by atoms with Crippen molar-refractivity contribution in [2.45, 2.75) is 44.9 Å². The van der Waals surface area contributed by atoms with Gasteiger partial charge in [-0.25, -0.2) is 14.4 Å². The molecule has 0 bridgehead atoms. The first kappa shape index (κ1) is 14.5. The van der Waals surface area contributed by atoms with Gasteiger partial charge in [-0.3, -0.25) is 4.90 Å². The van der Waals surface area contributed by atoms with E-state index in [2.05, 4.69) is 16.4 Å². The highest BCUT2D eigenvalue weighted by Crippen LogP contribution is 2.22. The van der Waals surface area contributed by atoms with Crippen molar-refractivity contribution in [2.75, 3.05) is 6.54 Å². The normalized spacial score (nSPS) is 22.9. The molecular formula is C13H19NO6. The van der Waals surface area contributed by atoms with Crippen molar-refractivity contribution in [3.63, 3.8) is 0 Å². The Morgan fingerprint density at radius 1 is 1.45 bits per heavy atom. The van der Waals surface area contributed by atoms with Gasteiger partial charge in [-0.15, -0.1) is 0 Å². The highest BCUT2D eigenvalue weighted by Gasteiger charge is 2.42. The minimum Gasteiger partial charge on any atom is -0.444 e. The van der Waals surface area contributed by atoms with Gasteiger partial charge in [0, 0.05) is 12.5 Å². The van der Waals surface area contributed by atoms with E-state index in [-0.39, 0.29) is 13.0 Å². The molecule has 7 heteroatoms. The van der Waals surface area contributed by atoms with E-state index in [1.54, 1.807) is 20.8 Å². The zero-order chi connectivity index (χ0) is 16.2. The summed E-state index contributed by atoms with van der Waals surface area (Å²) in [5.74, 6) is -1.80. The minimum atomic E-state index is -1.03. The second-order valence-corrected chi connectivity index (χ2v) is 5.45. The number of nitrogens with zero attached hydrogens (tertiary/aromatic N) is 1. The zero-order valence-electron chi connectivity index (χ0n) is 12.8. The van der Waals surface area contributed by atoms with Gasteiger partial charge in [0.2, 0.25) is 1.43 Å². The van der Waals surface area contributed by atoms with Crippen LogP contribution in [0.1, 0.15) is 27.2 Å². The summed E-state index contributed by atoms with van der Waals surface area (Å²) >= 11 is 0. The van der Waals surface area contributed by atoms with E-state index in [1.807, 2.05) is 0 Å². The SMILES string of the molecule is [2H]O[C@@H]1C[C@@H](C(=O)OC(=O)C=C)N(C(=O)OC(C)(C)C)C1. The topological polar surface area (TPSA) is 93.1 Å². The Kier molecular flexibility index (Phi) is 4.39. The van der Waals surface area contributed by atoms with E-state index in [0.717, 1.165) is 11.0 Å². The molecule has 0 aromatic heterocycles. The Labute approximate surface area is 118 Å². The molecule has 0 unspecified atom stereocenters. The third kappa shape index (κ3) is 4.34. The lowest BCUT2D eigenvalue weighted by molar-refractivity contribution is -0.159. The predicted molar refractivity (Wildman–Crippen MR) is 68.6 cm³/mol. The average molecular weight is 286 g/mol. The van der Waals surface area contributed by atoms with E-state index < -0.39 is 35.8 Å². The summed E-state index contributed by atoms with van der Waals surface area (Å²) in [7, 11) is 0. The van der Waals surface area contributed by atoms with Gasteiger partial charge in [0.1, 0.15) is 11.6 Å². The average Bonchev–Trinajstić information content (AvgIpc) is 2.80. The molecule has 0 saturated carbocycles. The van der Waals surface area contributed by atoms with Crippen molar-refractivity contribution >= 4 is 18.0 Å². The first-order valence-corrected chi connectivity index (χ1v) is 6.17. The molecule has 1 N–H and O–H groups in total. The first-order chi connectivity index (χ1) is 9.67. The highest BCUT2D eigenvalue weighted by molar-refractivity contribution is 5.94. The maximum atomic E-state index is 12.1. The monoisotopic (exact) mass is 286 g/mol. The Balaban J connectivity index is 2.83. The van der Waals surface area contributed by atoms with Crippen LogP contribution in [0, 0.1) is 0 Å². The quantitative estimate of drug-likeness (QED) is 0.464. The van der Waals surface area contributed by atoms with Crippen LogP contribution in [0.4, 0.5) is 4.79 Å². The molecule has 0 aliphatic carbocycles. The standard InChI is InChI=1S/C13H19NO6/c1-5-10(16)19-11(17)9-6-8(15)7-14(9)12(18)20-13(2,3)4/h5,8-9,15H,1,6-7H2,2-4H3/t8-,9+/m1/s1/i15D. The van der Waals surface area contributed by atoms with Crippen molar-refractivity contribution in [3.8, 4) is 0 Å². The van der Waals surface area contributed by atoms with Crippen LogP contribution >= 0.6 is 0 Å². The number of carbonyl (C=O) groups excluding carboxylic acids is 3. The number of likely N-dealkylation sites (tertiary alicyclic amines) is 1. The van der Waals surface area contributed by atoms with Crippen LogP contribution in [0.3, 0.4) is 0 Å². The molecule has 1 saturated heterocycles. The molecule has 0 aromatic rings. The number of amides is 1. The fourth-order valence-corrected chi connectivity index (χ4v) is 1.75. The molecule has 2 atom stereocenters. The van der Waals surface area contributed by atoms with E-state index in [4.69, 9.17) is 6.17 Å². The Morgan fingerprint density at radius 3 is 2.60 bits per heavy atom. The van der Waals surface area contributed by atoms with Gasteiger partial charge in [-0.05, 0) is 20.8 Å². The van der Waals surface area contributed by atoms with Crippen LogP contribution in [0.25, 0.3) is 0 Å². The molecule has 0 aromatic carbocycles. The van der Waals surface area contributed by atoms with Crippen molar-refractivity contribution in [1.82, 2.24) is 4.90 Å². The van der Waals surface area contributed by atoms with Gasteiger partial charge in [0.05, 0.1) is 12.6 Å². The third-order valence-corrected chi connectivity index (χ3v) is 2.53. The van der Waals surface area contributed by atoms with E-state index in [0.29, 0.717) is 0 Å². The number of carbonyl (C=O) groups is 3. The fourth-order valence-electron chi connectivity index (χ4n) is 1.75. The van der Waals surface area contributed by atoms with Crippen LogP contribution in [0.5, 0.6) is 0 Å². The van der Waals surface area contributed by atoms with E-state index in [1.165, 1.54) is 0 Å². The Bertz CT molecular complexity index is 444. The number of rotatable bonds is 3. The smallest absolute Gasteiger partial charge is 0.411 e. The van der Waals surface area contributed by atoms with Gasteiger partial charge in [-0.2, -0.15) is 0 Å². The highest BCUT2D eigenvalue weighted by atomic mass is 16.6. The van der Waals surface area contributed by atoms with Crippen molar-refractivity contribution in [1.29, 1.82) is 1.43 Å². The molecule has 1 heterocycles. The van der Waals surface area contributed by atoms with E-state index in [9.17, 15) is 14.4 Å². The molecule has 1 aliphatic heterocycles. The lowest BCUT2D eigenvalue weighted by Gasteiger charge is -2.27. The van der Waals surface area contributed by atoms with Crippen LogP contribution < -0.4 is 0 Å². The maximum Gasteiger partial charge on any atom is 0.411 e. The second kappa shape index (κ2) is 6.04. The molecule has 1 rings (SSSR count). The van der Waals surface area contributed by atoms with Crippen LogP contribution in [-0.2, 0) is 19.1 Å². The molecule has 1 amide bonds. The summed E-state index contributed by atoms with van der Waals surface area (Å²) in [5, 5.41) is 4.42.